The van der Waals surface area contributed by atoms with E-state index in [9.17, 15) is 19.6 Å². The summed E-state index contributed by atoms with van der Waals surface area (Å²) < 4.78 is 5.76. The number of carbonyl (C=O) groups is 2. The molecule has 9 heteroatoms. The van der Waals surface area contributed by atoms with Crippen LogP contribution in [0.15, 0.2) is 0 Å². The Morgan fingerprint density at radius 2 is 2.11 bits per heavy atom. The maximum atomic E-state index is 12.7. The molecule has 0 radical (unpaired) electrons. The Kier molecular flexibility index (Phi) is 11.3. The minimum atomic E-state index is -1.52. The van der Waals surface area contributed by atoms with Crippen LogP contribution in [0.2, 0.25) is 5.82 Å². The third-order valence-electron chi connectivity index (χ3n) is 5.00. The largest absolute Gasteiger partial charge is 0.455 e. The molecule has 1 saturated heterocycles. The minimum Gasteiger partial charge on any atom is -0.427 e. The van der Waals surface area contributed by atoms with E-state index in [1.165, 1.54) is 0 Å². The third-order valence-corrected chi connectivity index (χ3v) is 5.00. The highest BCUT2D eigenvalue weighted by Gasteiger charge is 2.32. The molecule has 1 aliphatic heterocycles. The summed E-state index contributed by atoms with van der Waals surface area (Å²) in [6.07, 6.45) is 2.36. The molecule has 158 valence electrons. The lowest BCUT2D eigenvalue weighted by Gasteiger charge is -2.25. The highest BCUT2D eigenvalue weighted by molar-refractivity contribution is 6.43. The van der Waals surface area contributed by atoms with E-state index in [-0.39, 0.29) is 43.2 Å². The molecule has 1 fully saturated rings. The first-order valence-electron chi connectivity index (χ1n) is 10.1. The number of ketones is 1. The van der Waals surface area contributed by atoms with Gasteiger partial charge in [-0.2, -0.15) is 0 Å². The second-order valence-electron chi connectivity index (χ2n) is 7.82. The first-order valence-corrected chi connectivity index (χ1v) is 10.1. The van der Waals surface area contributed by atoms with Crippen molar-refractivity contribution in [3.8, 4) is 0 Å². The van der Waals surface area contributed by atoms with Crippen molar-refractivity contribution in [1.82, 2.24) is 10.2 Å². The summed E-state index contributed by atoms with van der Waals surface area (Å²) >= 11 is 0. The van der Waals surface area contributed by atoms with Gasteiger partial charge in [-0.25, -0.2) is 6.57 Å². The Bertz CT molecular complexity index is 538. The average Bonchev–Trinajstić information content (AvgIpc) is 3.08. The van der Waals surface area contributed by atoms with Crippen LogP contribution in [0.3, 0.4) is 0 Å². The van der Waals surface area contributed by atoms with Crippen molar-refractivity contribution in [2.45, 2.75) is 64.4 Å². The number of nitrogens with zero attached hydrogens (tertiary/aromatic N) is 2. The molecule has 1 rings (SSSR count). The Morgan fingerprint density at radius 1 is 1.39 bits per heavy atom. The number of amides is 1. The highest BCUT2D eigenvalue weighted by atomic mass is 16.5. The van der Waals surface area contributed by atoms with Crippen molar-refractivity contribution in [2.24, 2.45) is 5.92 Å². The van der Waals surface area contributed by atoms with Crippen molar-refractivity contribution < 1.29 is 24.4 Å². The molecule has 0 aromatic carbocycles. The minimum absolute atomic E-state index is 0.0559. The van der Waals surface area contributed by atoms with Crippen molar-refractivity contribution in [3.05, 3.63) is 11.4 Å². The average molecular weight is 395 g/mol. The van der Waals surface area contributed by atoms with Gasteiger partial charge in [-0.3, -0.25) is 9.59 Å². The van der Waals surface area contributed by atoms with Crippen LogP contribution in [0, 0.1) is 12.5 Å². The summed E-state index contributed by atoms with van der Waals surface area (Å²) in [5, 5.41) is 22.2. The van der Waals surface area contributed by atoms with Crippen LogP contribution in [0.4, 0.5) is 0 Å². The molecule has 0 aliphatic carbocycles. The van der Waals surface area contributed by atoms with Crippen LogP contribution < -0.4 is 5.32 Å². The normalized spacial score (nSPS) is 18.8. The Labute approximate surface area is 168 Å². The number of ether oxygens (including phenoxy) is 1. The molecular weight excluding hydrogens is 361 g/mol. The zero-order valence-electron chi connectivity index (χ0n) is 17.3. The van der Waals surface area contributed by atoms with Crippen LogP contribution in [-0.2, 0) is 14.3 Å². The summed E-state index contributed by atoms with van der Waals surface area (Å²) in [5.41, 5.74) is 0. The van der Waals surface area contributed by atoms with E-state index in [1.54, 1.807) is 4.90 Å². The first-order chi connectivity index (χ1) is 13.3. The summed E-state index contributed by atoms with van der Waals surface area (Å²) in [7, 11) is -1.52. The van der Waals surface area contributed by atoms with Gasteiger partial charge in [0, 0.05) is 18.8 Å². The molecule has 1 aliphatic rings. The van der Waals surface area contributed by atoms with E-state index in [4.69, 9.17) is 11.3 Å². The van der Waals surface area contributed by atoms with Crippen LogP contribution in [0.5, 0.6) is 0 Å². The van der Waals surface area contributed by atoms with Crippen LogP contribution in [-0.4, -0.2) is 78.7 Å². The van der Waals surface area contributed by atoms with E-state index >= 15 is 0 Å². The number of likely N-dealkylation sites (tertiary alicyclic amines) is 1. The Hall–Kier alpha value is -1.47. The van der Waals surface area contributed by atoms with Crippen molar-refractivity contribution >= 4 is 18.8 Å². The molecule has 8 nitrogen and oxygen atoms in total. The standard InChI is InChI=1S/C19H34BN3O5/c1-5-22-17(18(24)10-15(20(26)27)9-14(2)3)13-28-12-16-7-6-8-23(16)19(25)11-21-4/h14-17,22,26-27H,5-13H2,1-3H3/t15-,16-,17+/m1/s1. The molecular formula is C19H34BN3O5. The van der Waals surface area contributed by atoms with Crippen molar-refractivity contribution in [2.75, 3.05) is 32.8 Å². The molecule has 0 spiro atoms. The van der Waals surface area contributed by atoms with E-state index < -0.39 is 19.0 Å². The van der Waals surface area contributed by atoms with Gasteiger partial charge < -0.3 is 29.8 Å². The van der Waals surface area contributed by atoms with Crippen LogP contribution in [0.25, 0.3) is 4.85 Å². The third kappa shape index (κ3) is 8.27. The molecule has 0 aromatic heterocycles. The number of hydrogen-bond donors (Lipinski definition) is 3. The van der Waals surface area contributed by atoms with Gasteiger partial charge in [0.25, 0.3) is 6.54 Å². The zero-order chi connectivity index (χ0) is 21.1. The molecule has 0 aromatic rings. The van der Waals surface area contributed by atoms with Gasteiger partial charge in [-0.05, 0) is 31.7 Å². The fraction of sp³-hybridized carbons (Fsp3) is 0.842. The van der Waals surface area contributed by atoms with E-state index in [1.807, 2.05) is 20.8 Å². The van der Waals surface area contributed by atoms with Gasteiger partial charge in [0.1, 0.15) is 0 Å². The Morgan fingerprint density at radius 3 is 2.68 bits per heavy atom. The van der Waals surface area contributed by atoms with Crippen LogP contribution in [0.1, 0.15) is 46.5 Å². The molecule has 3 N–H and O–H groups in total. The smallest absolute Gasteiger partial charge is 0.427 e. The lowest BCUT2D eigenvalue weighted by molar-refractivity contribution is -0.131. The fourth-order valence-electron chi connectivity index (χ4n) is 3.65. The van der Waals surface area contributed by atoms with Crippen molar-refractivity contribution in [1.29, 1.82) is 0 Å². The maximum Gasteiger partial charge on any atom is 0.455 e. The summed E-state index contributed by atoms with van der Waals surface area (Å²) in [5.74, 6) is -0.512. The Balaban J connectivity index is 2.56. The maximum absolute atomic E-state index is 12.7. The van der Waals surface area contributed by atoms with Gasteiger partial charge in [0.2, 0.25) is 0 Å². The predicted octanol–water partition coefficient (Wildman–Crippen LogP) is 0.740. The van der Waals surface area contributed by atoms with Gasteiger partial charge in [-0.1, -0.05) is 20.8 Å². The predicted molar refractivity (Wildman–Crippen MR) is 108 cm³/mol. The first kappa shape index (κ1) is 24.6. The van der Waals surface area contributed by atoms with E-state index in [2.05, 4.69) is 10.2 Å². The fourth-order valence-corrected chi connectivity index (χ4v) is 3.65. The second-order valence-corrected chi connectivity index (χ2v) is 7.82. The van der Waals surface area contributed by atoms with Gasteiger partial charge in [0.15, 0.2) is 5.78 Å². The number of rotatable bonds is 13. The number of nitrogens with one attached hydrogen (secondary N) is 1. The van der Waals surface area contributed by atoms with Crippen LogP contribution >= 0.6 is 0 Å². The molecule has 0 saturated carbocycles. The topological polar surface area (TPSA) is 103 Å². The summed E-state index contributed by atoms with van der Waals surface area (Å²) in [6.45, 7) is 14.3. The van der Waals surface area contributed by atoms with Crippen molar-refractivity contribution in [3.63, 3.8) is 0 Å². The van der Waals surface area contributed by atoms with E-state index in [0.29, 0.717) is 26.1 Å². The molecule has 0 unspecified atom stereocenters. The quantitative estimate of drug-likeness (QED) is 0.314. The SMILES string of the molecule is [C-]#[N+]CC(=O)N1CCC[C@@H]1COC[C@H](NCC)C(=O)C[C@@H](CC(C)C)B(O)O. The molecule has 3 atom stereocenters. The number of Topliss-reactive ketones (excluding diaryl/α,β-unsaturated/α-hetero) is 1. The molecule has 0 bridgehead atoms. The van der Waals surface area contributed by atoms with Gasteiger partial charge in [-0.15, -0.1) is 0 Å². The number of carbonyl (C=O) groups excluding carboxylic acids is 2. The summed E-state index contributed by atoms with van der Waals surface area (Å²) in [6, 6.07) is -0.577. The molecule has 28 heavy (non-hydrogen) atoms. The lowest BCUT2D eigenvalue weighted by atomic mass is 9.66. The molecule has 1 heterocycles. The highest BCUT2D eigenvalue weighted by Crippen LogP contribution is 2.24. The number of hydrogen-bond acceptors (Lipinski definition) is 6. The number of likely N-dealkylation sites (N-methyl/N-ethyl adjacent to an activating group) is 1. The van der Waals surface area contributed by atoms with Gasteiger partial charge in [0.05, 0.1) is 25.3 Å². The lowest BCUT2D eigenvalue weighted by Crippen LogP contribution is -2.44. The molecule has 1 amide bonds. The van der Waals surface area contributed by atoms with Gasteiger partial charge >= 0.3 is 13.0 Å². The monoisotopic (exact) mass is 395 g/mol. The van der Waals surface area contributed by atoms with E-state index in [0.717, 1.165) is 12.8 Å². The second kappa shape index (κ2) is 12.9. The zero-order valence-corrected chi connectivity index (χ0v) is 17.3. The summed E-state index contributed by atoms with van der Waals surface area (Å²) in [4.78, 5) is 29.5.